The zero-order valence-electron chi connectivity index (χ0n) is 18.9. The summed E-state index contributed by atoms with van der Waals surface area (Å²) in [5, 5.41) is 9.33. The van der Waals surface area contributed by atoms with Crippen molar-refractivity contribution in [3.05, 3.63) is 89.8 Å². The lowest BCUT2D eigenvalue weighted by Crippen LogP contribution is -2.30. The molecule has 0 spiro atoms. The number of rotatable bonds is 9. The van der Waals surface area contributed by atoms with Gasteiger partial charge in [0.2, 0.25) is 0 Å². The number of carbonyl (C=O) groups is 1. The fourth-order valence-electron chi connectivity index (χ4n) is 3.85. The normalized spacial score (nSPS) is 11.6. The lowest BCUT2D eigenvalue weighted by molar-refractivity contribution is -0.137. The van der Waals surface area contributed by atoms with Crippen molar-refractivity contribution in [1.29, 1.82) is 0 Å². The Morgan fingerprint density at radius 1 is 1.00 bits per heavy atom. The number of sulfonamides is 1. The maximum atomic E-state index is 13.6. The number of fused-ring (bicyclic) bond motifs is 1. The second kappa shape index (κ2) is 9.83. The molecular formula is C25H23F2N3O4S. The van der Waals surface area contributed by atoms with Gasteiger partial charge in [-0.05, 0) is 66.6 Å². The van der Waals surface area contributed by atoms with Gasteiger partial charge in [-0.15, -0.1) is 0 Å². The van der Waals surface area contributed by atoms with Crippen molar-refractivity contribution in [2.24, 2.45) is 0 Å². The van der Waals surface area contributed by atoms with Crippen molar-refractivity contribution < 1.29 is 27.1 Å². The third-order valence-electron chi connectivity index (χ3n) is 5.51. The largest absolute Gasteiger partial charge is 0.480 e. The summed E-state index contributed by atoms with van der Waals surface area (Å²) in [6.07, 6.45) is 1.32. The van der Waals surface area contributed by atoms with E-state index < -0.39 is 27.6 Å². The molecule has 4 rings (SSSR count). The van der Waals surface area contributed by atoms with Gasteiger partial charge < -0.3 is 9.67 Å². The van der Waals surface area contributed by atoms with Gasteiger partial charge in [-0.1, -0.05) is 19.1 Å². The molecule has 10 heteroatoms. The van der Waals surface area contributed by atoms with Gasteiger partial charge in [0.15, 0.2) is 0 Å². The summed E-state index contributed by atoms with van der Waals surface area (Å²) in [5.74, 6) is -1.44. The number of anilines is 1. The fraction of sp³-hybridized carbons (Fsp3) is 0.200. The highest BCUT2D eigenvalue weighted by molar-refractivity contribution is 7.92. The number of imidazole rings is 1. The van der Waals surface area contributed by atoms with Gasteiger partial charge in [-0.3, -0.25) is 9.10 Å². The van der Waals surface area contributed by atoms with E-state index >= 15 is 0 Å². The van der Waals surface area contributed by atoms with Crippen LogP contribution in [-0.2, 0) is 34.3 Å². The van der Waals surface area contributed by atoms with E-state index in [0.717, 1.165) is 22.9 Å². The lowest BCUT2D eigenvalue weighted by atomic mass is 10.2. The smallest absolute Gasteiger partial charge is 0.323 e. The lowest BCUT2D eigenvalue weighted by Gasteiger charge is -2.25. The first-order chi connectivity index (χ1) is 16.7. The topological polar surface area (TPSA) is 92.5 Å². The van der Waals surface area contributed by atoms with Crippen LogP contribution in [0.25, 0.3) is 11.0 Å². The minimum atomic E-state index is -4.14. The van der Waals surface area contributed by atoms with Gasteiger partial charge in [0.25, 0.3) is 10.0 Å². The molecule has 1 aromatic heterocycles. The van der Waals surface area contributed by atoms with E-state index in [1.807, 2.05) is 6.92 Å². The molecule has 35 heavy (non-hydrogen) atoms. The van der Waals surface area contributed by atoms with Crippen LogP contribution in [0, 0.1) is 11.6 Å². The first-order valence-electron chi connectivity index (χ1n) is 10.9. The van der Waals surface area contributed by atoms with Crippen LogP contribution in [0.1, 0.15) is 24.7 Å². The molecule has 4 aromatic rings. The first-order valence-corrected chi connectivity index (χ1v) is 12.4. The number of aliphatic carboxylic acids is 1. The number of benzene rings is 3. The monoisotopic (exact) mass is 499 g/mol. The summed E-state index contributed by atoms with van der Waals surface area (Å²) in [6, 6.07) is 14.7. The molecular weight excluding hydrogens is 476 g/mol. The number of hydrogen-bond acceptors (Lipinski definition) is 4. The maximum absolute atomic E-state index is 13.6. The maximum Gasteiger partial charge on any atom is 0.323 e. The number of aryl methyl sites for hydroxylation is 1. The highest BCUT2D eigenvalue weighted by Crippen LogP contribution is 2.30. The molecule has 1 N–H and O–H groups in total. The second-order valence-corrected chi connectivity index (χ2v) is 9.89. The van der Waals surface area contributed by atoms with Crippen molar-refractivity contribution in [3.8, 4) is 0 Å². The summed E-state index contributed by atoms with van der Waals surface area (Å²) in [7, 11) is -4.14. The van der Waals surface area contributed by atoms with Crippen molar-refractivity contribution in [2.75, 3.05) is 4.31 Å². The van der Waals surface area contributed by atoms with Crippen LogP contribution >= 0.6 is 0 Å². The predicted molar refractivity (Wildman–Crippen MR) is 128 cm³/mol. The Morgan fingerprint density at radius 3 is 2.23 bits per heavy atom. The molecule has 0 atom stereocenters. The molecule has 3 aromatic carbocycles. The molecule has 0 bridgehead atoms. The van der Waals surface area contributed by atoms with Crippen molar-refractivity contribution in [2.45, 2.75) is 37.8 Å². The molecule has 1 heterocycles. The van der Waals surface area contributed by atoms with Crippen LogP contribution in [-0.4, -0.2) is 29.0 Å². The summed E-state index contributed by atoms with van der Waals surface area (Å²) in [5.41, 5.74) is 1.85. The Hall–Kier alpha value is -3.79. The van der Waals surface area contributed by atoms with Gasteiger partial charge in [-0.25, -0.2) is 22.2 Å². The quantitative estimate of drug-likeness (QED) is 0.359. The standard InChI is InChI=1S/C25H23F2N3O4S/c1-2-3-24-28-22-14-20(10-13-23(22)29(24)16-25(31)32)30(15-17-4-6-18(26)7-5-17)35(33,34)21-11-8-19(27)9-12-21/h4-14H,2-3,15-16H2,1H3,(H,31,32). The third-order valence-corrected chi connectivity index (χ3v) is 7.29. The molecule has 0 radical (unpaired) electrons. The van der Waals surface area contributed by atoms with E-state index in [1.165, 1.54) is 36.4 Å². The van der Waals surface area contributed by atoms with Crippen LogP contribution in [0.15, 0.2) is 71.6 Å². The van der Waals surface area contributed by atoms with Gasteiger partial charge in [0, 0.05) is 6.42 Å². The first kappa shape index (κ1) is 24.3. The molecule has 0 aliphatic carbocycles. The Kier molecular flexibility index (Phi) is 6.83. The Balaban J connectivity index is 1.84. The Bertz CT molecular complexity index is 1470. The molecule has 0 amide bonds. The zero-order valence-corrected chi connectivity index (χ0v) is 19.7. The van der Waals surface area contributed by atoms with Crippen LogP contribution in [0.5, 0.6) is 0 Å². The number of carboxylic acids is 1. The fourth-order valence-corrected chi connectivity index (χ4v) is 5.30. The Morgan fingerprint density at radius 2 is 1.63 bits per heavy atom. The van der Waals surface area contributed by atoms with Crippen LogP contribution in [0.4, 0.5) is 14.5 Å². The van der Waals surface area contributed by atoms with E-state index in [2.05, 4.69) is 4.98 Å². The molecule has 0 fully saturated rings. The average molecular weight is 500 g/mol. The van der Waals surface area contributed by atoms with Crippen molar-refractivity contribution in [1.82, 2.24) is 9.55 Å². The second-order valence-electron chi connectivity index (χ2n) is 8.02. The molecule has 0 unspecified atom stereocenters. The molecule has 0 saturated carbocycles. The molecule has 182 valence electrons. The highest BCUT2D eigenvalue weighted by atomic mass is 32.2. The van der Waals surface area contributed by atoms with Gasteiger partial charge in [0.1, 0.15) is 24.0 Å². The number of aromatic nitrogens is 2. The van der Waals surface area contributed by atoms with Crippen LogP contribution in [0.2, 0.25) is 0 Å². The van der Waals surface area contributed by atoms with Gasteiger partial charge in [0.05, 0.1) is 28.2 Å². The molecule has 7 nitrogen and oxygen atoms in total. The van der Waals surface area contributed by atoms with Gasteiger partial charge in [-0.2, -0.15) is 0 Å². The number of nitrogens with zero attached hydrogens (tertiary/aromatic N) is 3. The molecule has 0 aliphatic rings. The summed E-state index contributed by atoms with van der Waals surface area (Å²) in [4.78, 5) is 15.8. The summed E-state index contributed by atoms with van der Waals surface area (Å²) < 4.78 is 56.8. The summed E-state index contributed by atoms with van der Waals surface area (Å²) in [6.45, 7) is 1.58. The van der Waals surface area contributed by atoms with E-state index in [9.17, 15) is 27.1 Å². The highest BCUT2D eigenvalue weighted by Gasteiger charge is 2.26. The minimum Gasteiger partial charge on any atom is -0.480 e. The minimum absolute atomic E-state index is 0.107. The Labute approximate surface area is 201 Å². The zero-order chi connectivity index (χ0) is 25.2. The molecule has 0 saturated heterocycles. The SMILES string of the molecule is CCCc1nc2cc(N(Cc3ccc(F)cc3)S(=O)(=O)c3ccc(F)cc3)ccc2n1CC(=O)O. The van der Waals surface area contributed by atoms with Crippen LogP contribution in [0.3, 0.4) is 0 Å². The number of halogens is 2. The number of carboxylic acid groups (broad SMARTS) is 1. The van der Waals surface area contributed by atoms with Gasteiger partial charge >= 0.3 is 5.97 Å². The number of hydrogen-bond donors (Lipinski definition) is 1. The average Bonchev–Trinajstić information content (AvgIpc) is 3.14. The third kappa shape index (κ3) is 5.17. The van der Waals surface area contributed by atoms with E-state index in [-0.39, 0.29) is 23.7 Å². The van der Waals surface area contributed by atoms with E-state index in [0.29, 0.717) is 28.8 Å². The van der Waals surface area contributed by atoms with Crippen LogP contribution < -0.4 is 4.31 Å². The van der Waals surface area contributed by atoms with E-state index in [1.54, 1.807) is 22.8 Å². The molecule has 0 aliphatic heterocycles. The van der Waals surface area contributed by atoms with Crippen molar-refractivity contribution >= 4 is 32.7 Å². The summed E-state index contributed by atoms with van der Waals surface area (Å²) >= 11 is 0. The predicted octanol–water partition coefficient (Wildman–Crippen LogP) is 4.75. The van der Waals surface area contributed by atoms with Crippen molar-refractivity contribution in [3.63, 3.8) is 0 Å². The van der Waals surface area contributed by atoms with E-state index in [4.69, 9.17) is 0 Å².